The van der Waals surface area contributed by atoms with Crippen LogP contribution in [0.4, 0.5) is 22.7 Å². The maximum Gasteiger partial charge on any atom is 0.416 e. The van der Waals surface area contributed by atoms with Crippen molar-refractivity contribution in [1.29, 1.82) is 10.8 Å². The summed E-state index contributed by atoms with van der Waals surface area (Å²) in [6, 6.07) is 2.00. The molecule has 2 aromatic heterocycles. The van der Waals surface area contributed by atoms with Gasteiger partial charge in [0.15, 0.2) is 5.13 Å². The number of hydrogen-bond acceptors (Lipinski definition) is 7. The standard InChI is InChI=1S/C20H16F4N6O3S/c1-29-14(7-25)16(17(32)30(2)19(29)33)12(26)6-15(31)28-18-27-13(8-34-18)10-4-3-9(5-11(10)21)20(22,23)24/h3-5,7-8,25-26H,6H2,1-2H3,(H,27,28,31). The summed E-state index contributed by atoms with van der Waals surface area (Å²) in [4.78, 5) is 40.8. The molecular weight excluding hydrogens is 480 g/mol. The second-order valence-corrected chi connectivity index (χ2v) is 7.90. The Balaban J connectivity index is 1.79. The second-order valence-electron chi connectivity index (χ2n) is 7.04. The smallest absolute Gasteiger partial charge is 0.307 e. The van der Waals surface area contributed by atoms with Crippen LogP contribution >= 0.6 is 11.3 Å². The van der Waals surface area contributed by atoms with Crippen molar-refractivity contribution < 1.29 is 22.4 Å². The molecule has 3 rings (SSSR count). The van der Waals surface area contributed by atoms with Gasteiger partial charge in [-0.1, -0.05) is 0 Å². The van der Waals surface area contributed by atoms with Crippen molar-refractivity contribution in [3.8, 4) is 11.3 Å². The number of halogens is 4. The molecule has 1 aromatic carbocycles. The average Bonchev–Trinajstić information content (AvgIpc) is 3.21. The van der Waals surface area contributed by atoms with Gasteiger partial charge in [-0.05, 0) is 18.2 Å². The predicted molar refractivity (Wildman–Crippen MR) is 117 cm³/mol. The Kier molecular flexibility index (Phi) is 6.63. The Morgan fingerprint density at radius 1 is 1.24 bits per heavy atom. The molecule has 2 heterocycles. The van der Waals surface area contributed by atoms with Gasteiger partial charge in [0, 0.05) is 31.3 Å². The number of carbonyl (C=O) groups is 1. The first-order valence-corrected chi connectivity index (χ1v) is 10.2. The fourth-order valence-electron chi connectivity index (χ4n) is 3.08. The SMILES string of the molecule is Cn1c(C=N)c(C(=N)CC(=O)Nc2nc(-c3ccc(C(F)(F)F)cc3F)cs2)c(=O)n(C)c1=O. The van der Waals surface area contributed by atoms with E-state index in [0.29, 0.717) is 12.1 Å². The zero-order chi connectivity index (χ0) is 25.4. The van der Waals surface area contributed by atoms with E-state index >= 15 is 0 Å². The molecule has 34 heavy (non-hydrogen) atoms. The largest absolute Gasteiger partial charge is 0.416 e. The van der Waals surface area contributed by atoms with Crippen LogP contribution in [0, 0.1) is 16.6 Å². The van der Waals surface area contributed by atoms with E-state index in [1.807, 2.05) is 0 Å². The minimum Gasteiger partial charge on any atom is -0.307 e. The number of hydrogen-bond donors (Lipinski definition) is 3. The first kappa shape index (κ1) is 24.7. The lowest BCUT2D eigenvalue weighted by molar-refractivity contribution is -0.137. The molecule has 3 aromatic rings. The third kappa shape index (κ3) is 4.71. The predicted octanol–water partition coefficient (Wildman–Crippen LogP) is 2.76. The molecule has 178 valence electrons. The van der Waals surface area contributed by atoms with Gasteiger partial charge in [0.2, 0.25) is 5.91 Å². The molecule has 1 amide bonds. The van der Waals surface area contributed by atoms with E-state index in [-0.39, 0.29) is 27.6 Å². The van der Waals surface area contributed by atoms with Crippen molar-refractivity contribution in [3.05, 3.63) is 67.1 Å². The maximum absolute atomic E-state index is 14.2. The normalized spacial score (nSPS) is 11.4. The Morgan fingerprint density at radius 2 is 1.91 bits per heavy atom. The molecule has 3 N–H and O–H groups in total. The minimum atomic E-state index is -4.70. The lowest BCUT2D eigenvalue weighted by Gasteiger charge is -2.12. The van der Waals surface area contributed by atoms with Crippen molar-refractivity contribution in [3.63, 3.8) is 0 Å². The van der Waals surface area contributed by atoms with Crippen LogP contribution in [0.5, 0.6) is 0 Å². The number of nitrogens with zero attached hydrogens (tertiary/aromatic N) is 3. The molecular formula is C20H16F4N6O3S. The van der Waals surface area contributed by atoms with Crippen molar-refractivity contribution >= 4 is 34.3 Å². The molecule has 14 heteroatoms. The van der Waals surface area contributed by atoms with Gasteiger partial charge in [-0.15, -0.1) is 11.3 Å². The van der Waals surface area contributed by atoms with Gasteiger partial charge in [-0.25, -0.2) is 14.2 Å². The van der Waals surface area contributed by atoms with E-state index < -0.39 is 46.8 Å². The van der Waals surface area contributed by atoms with Gasteiger partial charge in [0.25, 0.3) is 5.56 Å². The molecule has 0 atom stereocenters. The van der Waals surface area contributed by atoms with E-state index in [1.54, 1.807) is 0 Å². The molecule has 0 saturated carbocycles. The van der Waals surface area contributed by atoms with Gasteiger partial charge >= 0.3 is 11.9 Å². The highest BCUT2D eigenvalue weighted by atomic mass is 32.1. The fourth-order valence-corrected chi connectivity index (χ4v) is 3.81. The van der Waals surface area contributed by atoms with Crippen LogP contribution in [0.1, 0.15) is 23.2 Å². The van der Waals surface area contributed by atoms with Crippen molar-refractivity contribution in [2.75, 3.05) is 5.32 Å². The number of benzene rings is 1. The van der Waals surface area contributed by atoms with Crippen LogP contribution in [0.2, 0.25) is 0 Å². The summed E-state index contributed by atoms with van der Waals surface area (Å²) in [6.07, 6.45) is -4.57. The lowest BCUT2D eigenvalue weighted by atomic mass is 10.1. The number of thiazole rings is 1. The zero-order valence-corrected chi connectivity index (χ0v) is 18.4. The average molecular weight is 496 g/mol. The molecule has 0 radical (unpaired) electrons. The first-order valence-electron chi connectivity index (χ1n) is 9.36. The van der Waals surface area contributed by atoms with Crippen LogP contribution in [-0.2, 0) is 25.1 Å². The molecule has 0 unspecified atom stereocenters. The number of alkyl halides is 3. The maximum atomic E-state index is 14.2. The fraction of sp³-hybridized carbons (Fsp3) is 0.200. The first-order chi connectivity index (χ1) is 15.8. The summed E-state index contributed by atoms with van der Waals surface area (Å²) < 4.78 is 54.1. The van der Waals surface area contributed by atoms with Gasteiger partial charge in [-0.3, -0.25) is 18.7 Å². The summed E-state index contributed by atoms with van der Waals surface area (Å²) in [5.41, 5.74) is -3.75. The number of rotatable bonds is 6. The monoisotopic (exact) mass is 496 g/mol. The van der Waals surface area contributed by atoms with Crippen LogP contribution in [0.3, 0.4) is 0 Å². The van der Waals surface area contributed by atoms with Gasteiger partial charge in [0.1, 0.15) is 5.82 Å². The topological polar surface area (TPSA) is 134 Å². The van der Waals surface area contributed by atoms with E-state index in [1.165, 1.54) is 19.5 Å². The van der Waals surface area contributed by atoms with E-state index in [9.17, 15) is 31.9 Å². The molecule has 0 fully saturated rings. The summed E-state index contributed by atoms with van der Waals surface area (Å²) in [5.74, 6) is -1.89. The molecule has 0 aliphatic heterocycles. The number of carbonyl (C=O) groups excluding carboxylic acids is 1. The third-order valence-electron chi connectivity index (χ3n) is 4.81. The van der Waals surface area contributed by atoms with Crippen LogP contribution in [0.15, 0.2) is 33.2 Å². The quantitative estimate of drug-likeness (QED) is 0.357. The molecule has 0 spiro atoms. The molecule has 9 nitrogen and oxygen atoms in total. The van der Waals surface area contributed by atoms with Crippen LogP contribution in [0.25, 0.3) is 11.3 Å². The zero-order valence-electron chi connectivity index (χ0n) is 17.6. The van der Waals surface area contributed by atoms with E-state index in [0.717, 1.165) is 32.8 Å². The number of anilines is 1. The highest BCUT2D eigenvalue weighted by Crippen LogP contribution is 2.33. The van der Waals surface area contributed by atoms with Gasteiger partial charge in [-0.2, -0.15) is 13.2 Å². The summed E-state index contributed by atoms with van der Waals surface area (Å²) in [7, 11) is 2.52. The second kappa shape index (κ2) is 9.13. The highest BCUT2D eigenvalue weighted by molar-refractivity contribution is 7.14. The Morgan fingerprint density at radius 3 is 2.50 bits per heavy atom. The van der Waals surface area contributed by atoms with Crippen molar-refractivity contribution in [2.24, 2.45) is 14.1 Å². The van der Waals surface area contributed by atoms with Gasteiger partial charge in [0.05, 0.1) is 34.6 Å². The van der Waals surface area contributed by atoms with Gasteiger partial charge < -0.3 is 16.1 Å². The Labute approximate surface area is 192 Å². The highest BCUT2D eigenvalue weighted by Gasteiger charge is 2.31. The minimum absolute atomic E-state index is 0.000350. The van der Waals surface area contributed by atoms with E-state index in [2.05, 4.69) is 10.3 Å². The third-order valence-corrected chi connectivity index (χ3v) is 5.57. The molecule has 0 bridgehead atoms. The summed E-state index contributed by atoms with van der Waals surface area (Å²) in [5, 5.41) is 19.3. The number of aromatic nitrogens is 3. The number of nitrogens with one attached hydrogen (secondary N) is 3. The van der Waals surface area contributed by atoms with Crippen LogP contribution in [-0.4, -0.2) is 32.0 Å². The molecule has 0 aliphatic rings. The molecule has 0 aliphatic carbocycles. The Hall–Kier alpha value is -3.94. The summed E-state index contributed by atoms with van der Waals surface area (Å²) in [6.45, 7) is 0. The van der Waals surface area contributed by atoms with E-state index in [4.69, 9.17) is 10.8 Å². The van der Waals surface area contributed by atoms with Crippen molar-refractivity contribution in [1.82, 2.24) is 14.1 Å². The molecule has 0 saturated heterocycles. The number of amides is 1. The summed E-state index contributed by atoms with van der Waals surface area (Å²) >= 11 is 0.882. The van der Waals surface area contributed by atoms with Crippen molar-refractivity contribution in [2.45, 2.75) is 12.6 Å². The van der Waals surface area contributed by atoms with Crippen LogP contribution < -0.4 is 16.6 Å². The lowest BCUT2D eigenvalue weighted by Crippen LogP contribution is -2.42. The Bertz CT molecular complexity index is 1440.